The third-order valence-corrected chi connectivity index (χ3v) is 4.02. The molecular weight excluding hydrogens is 250 g/mol. The van der Waals surface area contributed by atoms with Crippen molar-refractivity contribution < 1.29 is 9.47 Å². The van der Waals surface area contributed by atoms with Gasteiger partial charge in [0.1, 0.15) is 0 Å². The molecule has 2 aromatic carbocycles. The van der Waals surface area contributed by atoms with Gasteiger partial charge in [0, 0.05) is 12.1 Å². The maximum Gasteiger partial charge on any atom is 0.208 e. The molecule has 102 valence electrons. The predicted octanol–water partition coefficient (Wildman–Crippen LogP) is 2.53. The number of nitrogens with one attached hydrogen (secondary N) is 1. The van der Waals surface area contributed by atoms with Crippen LogP contribution in [0.15, 0.2) is 54.6 Å². The fourth-order valence-electron chi connectivity index (χ4n) is 2.96. The van der Waals surface area contributed by atoms with Gasteiger partial charge >= 0.3 is 0 Å². The summed E-state index contributed by atoms with van der Waals surface area (Å²) in [5.41, 5.74) is 3.53. The van der Waals surface area contributed by atoms with Gasteiger partial charge in [0.05, 0.1) is 19.3 Å². The summed E-state index contributed by atoms with van der Waals surface area (Å²) in [7, 11) is 0. The Morgan fingerprint density at radius 2 is 1.70 bits per heavy atom. The molecule has 3 nitrogen and oxygen atoms in total. The van der Waals surface area contributed by atoms with E-state index in [1.807, 2.05) is 6.07 Å². The summed E-state index contributed by atoms with van der Waals surface area (Å²) in [6.45, 7) is 2.27. The average molecular weight is 267 g/mol. The Hall–Kier alpha value is -1.68. The van der Waals surface area contributed by atoms with Crippen LogP contribution in [0.5, 0.6) is 0 Å². The van der Waals surface area contributed by atoms with E-state index in [0.29, 0.717) is 13.2 Å². The van der Waals surface area contributed by atoms with E-state index < -0.39 is 5.79 Å². The SMILES string of the molecule is c1ccc(-c2ccc(C34CNCC(CO3)O4)cc2)cc1. The van der Waals surface area contributed by atoms with Crippen LogP contribution in [0, 0.1) is 0 Å². The van der Waals surface area contributed by atoms with Crippen molar-refractivity contribution in [2.45, 2.75) is 11.9 Å². The molecule has 2 saturated heterocycles. The van der Waals surface area contributed by atoms with Crippen molar-refractivity contribution in [3.05, 3.63) is 60.2 Å². The minimum atomic E-state index is -0.585. The zero-order valence-corrected chi connectivity index (χ0v) is 11.2. The highest BCUT2D eigenvalue weighted by atomic mass is 16.7. The minimum absolute atomic E-state index is 0.178. The number of ether oxygens (including phenoxy) is 2. The van der Waals surface area contributed by atoms with Gasteiger partial charge in [0.2, 0.25) is 5.79 Å². The Kier molecular flexibility index (Phi) is 2.84. The van der Waals surface area contributed by atoms with Crippen molar-refractivity contribution in [3.63, 3.8) is 0 Å². The lowest BCUT2D eigenvalue weighted by Gasteiger charge is -2.32. The molecule has 2 bridgehead atoms. The summed E-state index contributed by atoms with van der Waals surface area (Å²) in [5.74, 6) is -0.585. The molecule has 0 spiro atoms. The van der Waals surface area contributed by atoms with Crippen LogP contribution in [0.2, 0.25) is 0 Å². The molecule has 2 atom stereocenters. The van der Waals surface area contributed by atoms with Gasteiger partial charge in [-0.15, -0.1) is 0 Å². The van der Waals surface area contributed by atoms with E-state index in [1.54, 1.807) is 0 Å². The summed E-state index contributed by atoms with van der Waals surface area (Å²) in [6, 6.07) is 18.9. The lowest BCUT2D eigenvalue weighted by molar-refractivity contribution is -0.186. The summed E-state index contributed by atoms with van der Waals surface area (Å²) in [4.78, 5) is 0. The molecule has 2 aliphatic rings. The average Bonchev–Trinajstić information content (AvgIpc) is 2.84. The first-order valence-electron chi connectivity index (χ1n) is 7.04. The first-order chi connectivity index (χ1) is 9.86. The van der Waals surface area contributed by atoms with Crippen molar-refractivity contribution in [1.82, 2.24) is 5.32 Å². The highest BCUT2D eigenvalue weighted by Gasteiger charge is 2.45. The Bertz CT molecular complexity index is 592. The molecule has 0 aromatic heterocycles. The smallest absolute Gasteiger partial charge is 0.208 e. The minimum Gasteiger partial charge on any atom is -0.342 e. The second kappa shape index (κ2) is 4.70. The lowest BCUT2D eigenvalue weighted by Crippen LogP contribution is -2.46. The molecule has 4 rings (SSSR count). The van der Waals surface area contributed by atoms with Gasteiger partial charge in [-0.2, -0.15) is 0 Å². The number of benzene rings is 2. The van der Waals surface area contributed by atoms with Crippen LogP contribution >= 0.6 is 0 Å². The Morgan fingerprint density at radius 1 is 0.950 bits per heavy atom. The van der Waals surface area contributed by atoms with E-state index in [2.05, 4.69) is 53.8 Å². The molecule has 2 fully saturated rings. The van der Waals surface area contributed by atoms with E-state index >= 15 is 0 Å². The maximum atomic E-state index is 6.03. The first kappa shape index (κ1) is 12.1. The highest BCUT2D eigenvalue weighted by Crippen LogP contribution is 2.36. The maximum absolute atomic E-state index is 6.03. The molecule has 2 aliphatic heterocycles. The van der Waals surface area contributed by atoms with E-state index in [-0.39, 0.29) is 6.10 Å². The van der Waals surface area contributed by atoms with Gasteiger partial charge in [-0.3, -0.25) is 0 Å². The molecule has 20 heavy (non-hydrogen) atoms. The van der Waals surface area contributed by atoms with Crippen molar-refractivity contribution in [2.24, 2.45) is 0 Å². The topological polar surface area (TPSA) is 30.5 Å². The fraction of sp³-hybridized carbons (Fsp3) is 0.294. The van der Waals surface area contributed by atoms with Crippen LogP contribution in [-0.2, 0) is 15.3 Å². The Balaban J connectivity index is 1.65. The van der Waals surface area contributed by atoms with E-state index in [1.165, 1.54) is 11.1 Å². The molecule has 2 unspecified atom stereocenters. The number of fused-ring (bicyclic) bond motifs is 2. The molecule has 2 aromatic rings. The van der Waals surface area contributed by atoms with Crippen LogP contribution in [0.25, 0.3) is 11.1 Å². The van der Waals surface area contributed by atoms with Gasteiger partial charge in [0.15, 0.2) is 0 Å². The Labute approximate surface area is 118 Å². The summed E-state index contributed by atoms with van der Waals surface area (Å²) < 4.78 is 11.9. The Morgan fingerprint density at radius 3 is 2.50 bits per heavy atom. The molecule has 0 saturated carbocycles. The van der Waals surface area contributed by atoms with E-state index in [0.717, 1.165) is 12.1 Å². The summed E-state index contributed by atoms with van der Waals surface area (Å²) in [5, 5.41) is 3.38. The summed E-state index contributed by atoms with van der Waals surface area (Å²) in [6.07, 6.45) is 0.178. The van der Waals surface area contributed by atoms with Crippen molar-refractivity contribution in [1.29, 1.82) is 0 Å². The van der Waals surface area contributed by atoms with Crippen LogP contribution in [-0.4, -0.2) is 25.8 Å². The number of hydrogen-bond acceptors (Lipinski definition) is 3. The van der Waals surface area contributed by atoms with Crippen molar-refractivity contribution in [3.8, 4) is 11.1 Å². The monoisotopic (exact) mass is 267 g/mol. The number of hydrogen-bond donors (Lipinski definition) is 1. The van der Waals surface area contributed by atoms with Crippen LogP contribution in [0.1, 0.15) is 5.56 Å². The molecule has 0 radical (unpaired) electrons. The zero-order chi connectivity index (χ0) is 13.4. The second-order valence-corrected chi connectivity index (χ2v) is 5.38. The molecule has 2 heterocycles. The van der Waals surface area contributed by atoms with E-state index in [4.69, 9.17) is 9.47 Å². The van der Waals surface area contributed by atoms with Crippen molar-refractivity contribution >= 4 is 0 Å². The number of morpholine rings is 1. The van der Waals surface area contributed by atoms with E-state index in [9.17, 15) is 0 Å². The second-order valence-electron chi connectivity index (χ2n) is 5.38. The summed E-state index contributed by atoms with van der Waals surface area (Å²) >= 11 is 0. The van der Waals surface area contributed by atoms with Gasteiger partial charge in [-0.05, 0) is 11.1 Å². The predicted molar refractivity (Wildman–Crippen MR) is 77.3 cm³/mol. The molecule has 0 amide bonds. The van der Waals surface area contributed by atoms with Crippen LogP contribution in [0.4, 0.5) is 0 Å². The third kappa shape index (κ3) is 1.95. The standard InChI is InChI=1S/C17H17NO2/c1-2-4-13(5-3-1)14-6-8-15(9-7-14)17-12-18-10-16(20-17)11-19-17/h1-9,16,18H,10-12H2. The van der Waals surface area contributed by atoms with Crippen molar-refractivity contribution in [2.75, 3.05) is 19.7 Å². The zero-order valence-electron chi connectivity index (χ0n) is 11.2. The fourth-order valence-corrected chi connectivity index (χ4v) is 2.96. The lowest BCUT2D eigenvalue weighted by atomic mass is 9.99. The molecular formula is C17H17NO2. The number of rotatable bonds is 2. The van der Waals surface area contributed by atoms with Gasteiger partial charge in [-0.1, -0.05) is 54.6 Å². The normalized spacial score (nSPS) is 28.5. The quantitative estimate of drug-likeness (QED) is 0.907. The molecule has 1 N–H and O–H groups in total. The molecule has 3 heteroatoms. The van der Waals surface area contributed by atoms with Gasteiger partial charge < -0.3 is 14.8 Å². The van der Waals surface area contributed by atoms with Gasteiger partial charge in [0.25, 0.3) is 0 Å². The first-order valence-corrected chi connectivity index (χ1v) is 7.04. The largest absolute Gasteiger partial charge is 0.342 e. The third-order valence-electron chi connectivity index (χ3n) is 4.02. The van der Waals surface area contributed by atoms with Crippen LogP contribution in [0.3, 0.4) is 0 Å². The molecule has 0 aliphatic carbocycles. The van der Waals surface area contributed by atoms with Crippen LogP contribution < -0.4 is 5.32 Å². The highest BCUT2D eigenvalue weighted by molar-refractivity contribution is 5.63. The van der Waals surface area contributed by atoms with Gasteiger partial charge in [-0.25, -0.2) is 0 Å².